The molecule has 6 N–H and O–H groups in total. The third-order valence-electron chi connectivity index (χ3n) is 6.19. The lowest BCUT2D eigenvalue weighted by Crippen LogP contribution is -2.41. The number of carbonyl (C=O) groups excluding carboxylic acids is 4. The average Bonchev–Trinajstić information content (AvgIpc) is 2.99. The van der Waals surface area contributed by atoms with Crippen molar-refractivity contribution < 1.29 is 38.1 Å². The monoisotopic (exact) mass is 634 g/mol. The van der Waals surface area contributed by atoms with Crippen LogP contribution in [-0.2, 0) is 38.1 Å². The van der Waals surface area contributed by atoms with Gasteiger partial charge in [-0.15, -0.1) is 0 Å². The Morgan fingerprint density at radius 3 is 1.14 bits per heavy atom. The van der Waals surface area contributed by atoms with Crippen LogP contribution in [0.4, 0.5) is 0 Å². The van der Waals surface area contributed by atoms with E-state index in [1.807, 2.05) is 28.2 Å². The first kappa shape index (κ1) is 44.1. The van der Waals surface area contributed by atoms with Gasteiger partial charge in [-0.25, -0.2) is 0 Å². The molecule has 0 rings (SSSR count). The number of likely N-dealkylation sites (N-methyl/N-ethyl adjacent to an activating group) is 2. The Hall–Kier alpha value is -2.04. The fourth-order valence-electron chi connectivity index (χ4n) is 3.64. The zero-order valence-electron chi connectivity index (χ0n) is 28.1. The molecule has 44 heavy (non-hydrogen) atoms. The van der Waals surface area contributed by atoms with Crippen molar-refractivity contribution in [3.63, 3.8) is 0 Å². The van der Waals surface area contributed by atoms with Crippen LogP contribution in [0.1, 0.15) is 52.4 Å². The minimum absolute atomic E-state index is 0.0202. The Bertz CT molecular complexity index is 659. The predicted octanol–water partition coefficient (Wildman–Crippen LogP) is -0.595. The number of ketones is 2. The molecule has 0 saturated heterocycles. The van der Waals surface area contributed by atoms with Gasteiger partial charge in [0.25, 0.3) is 0 Å². The Morgan fingerprint density at radius 1 is 0.477 bits per heavy atom. The van der Waals surface area contributed by atoms with Gasteiger partial charge in [0.15, 0.2) is 11.6 Å². The topological polar surface area (TPSA) is 177 Å². The fraction of sp³-hybridized carbons (Fsp3) is 0.867. The summed E-state index contributed by atoms with van der Waals surface area (Å²) in [7, 11) is 7.50. The summed E-state index contributed by atoms with van der Waals surface area (Å²) in [4.78, 5) is 46.5. The third kappa shape index (κ3) is 31.4. The zero-order valence-corrected chi connectivity index (χ0v) is 28.1. The first-order valence-electron chi connectivity index (χ1n) is 15.7. The molecule has 0 saturated carbocycles. The normalized spacial score (nSPS) is 12.1. The lowest BCUT2D eigenvalue weighted by Gasteiger charge is -2.16. The lowest BCUT2D eigenvalue weighted by atomic mass is 10.1. The van der Waals surface area contributed by atoms with Crippen LogP contribution < -0.4 is 31.9 Å². The van der Waals surface area contributed by atoms with Gasteiger partial charge in [0.05, 0.1) is 51.7 Å². The molecule has 0 aromatic rings. The molecule has 2 atom stereocenters. The molecule has 0 heterocycles. The third-order valence-corrected chi connectivity index (χ3v) is 6.19. The molecule has 0 aliphatic rings. The van der Waals surface area contributed by atoms with Crippen LogP contribution in [-0.4, -0.2) is 143 Å². The van der Waals surface area contributed by atoms with E-state index < -0.39 is 12.1 Å². The zero-order chi connectivity index (χ0) is 33.3. The summed E-state index contributed by atoms with van der Waals surface area (Å²) in [5, 5.41) is 17.5. The molecule has 2 unspecified atom stereocenters. The Kier molecular flexibility index (Phi) is 33.9. The fourth-order valence-corrected chi connectivity index (χ4v) is 3.64. The number of hydrogen-bond donors (Lipinski definition) is 6. The molecule has 14 heteroatoms. The van der Waals surface area contributed by atoms with E-state index in [9.17, 15) is 19.2 Å². The smallest absolute Gasteiger partial charge is 0.246 e. The predicted molar refractivity (Wildman–Crippen MR) is 172 cm³/mol. The number of Topliss-reactive ketones (excluding diaryl/α,β-unsaturated/α-hetero) is 2. The van der Waals surface area contributed by atoms with Crippen molar-refractivity contribution in [2.24, 2.45) is 0 Å². The molecule has 0 radical (unpaired) electrons. The van der Waals surface area contributed by atoms with E-state index in [2.05, 4.69) is 31.9 Å². The van der Waals surface area contributed by atoms with Gasteiger partial charge in [0, 0.05) is 13.1 Å². The van der Waals surface area contributed by atoms with Gasteiger partial charge in [-0.05, 0) is 93.7 Å². The SMILES string of the molecule is CNCCCCC(NC(=O)COCCOCCNC)C(C)=O.CNCCCCC(NC(=O)COCCOCCNC)C(C)=O. The number of amides is 2. The second-order valence-corrected chi connectivity index (χ2v) is 10.2. The van der Waals surface area contributed by atoms with Crippen LogP contribution in [0.25, 0.3) is 0 Å². The van der Waals surface area contributed by atoms with Gasteiger partial charge in [0.1, 0.15) is 13.2 Å². The summed E-state index contributed by atoms with van der Waals surface area (Å²) in [6.07, 6.45) is 5.08. The van der Waals surface area contributed by atoms with E-state index in [-0.39, 0.29) is 36.6 Å². The standard InChI is InChI=1S/2C15H31N3O4/c2*1-13(19)14(6-4-5-7-16-2)18-15(20)12-22-11-10-21-9-8-17-3/h2*14,16-17H,4-12H2,1-3H3,(H,18,20). The molecule has 14 nitrogen and oxygen atoms in total. The highest BCUT2D eigenvalue weighted by molar-refractivity contribution is 5.88. The van der Waals surface area contributed by atoms with Crippen molar-refractivity contribution in [2.45, 2.75) is 64.5 Å². The number of hydrogen-bond acceptors (Lipinski definition) is 12. The van der Waals surface area contributed by atoms with E-state index in [1.54, 1.807) is 0 Å². The van der Waals surface area contributed by atoms with Crippen LogP contribution in [0.3, 0.4) is 0 Å². The second kappa shape index (κ2) is 33.8. The average molecular weight is 635 g/mol. The maximum absolute atomic E-state index is 11.7. The molecule has 0 spiro atoms. The molecule has 0 aliphatic heterocycles. The van der Waals surface area contributed by atoms with Crippen LogP contribution in [0.2, 0.25) is 0 Å². The Labute approximate surface area is 265 Å². The van der Waals surface area contributed by atoms with Crippen molar-refractivity contribution in [1.29, 1.82) is 0 Å². The summed E-state index contributed by atoms with van der Waals surface area (Å²) >= 11 is 0. The van der Waals surface area contributed by atoms with Crippen molar-refractivity contribution in [3.8, 4) is 0 Å². The second-order valence-electron chi connectivity index (χ2n) is 10.2. The number of nitrogens with one attached hydrogen (secondary N) is 6. The van der Waals surface area contributed by atoms with Crippen LogP contribution in [0.15, 0.2) is 0 Å². The summed E-state index contributed by atoms with van der Waals surface area (Å²) in [5.41, 5.74) is 0. The molecule has 0 fully saturated rings. The Balaban J connectivity index is 0. The molecular weight excluding hydrogens is 572 g/mol. The van der Waals surface area contributed by atoms with Crippen molar-refractivity contribution in [1.82, 2.24) is 31.9 Å². The van der Waals surface area contributed by atoms with E-state index in [0.717, 1.165) is 51.9 Å². The number of rotatable bonds is 30. The van der Waals surface area contributed by atoms with Crippen LogP contribution in [0, 0.1) is 0 Å². The molecule has 0 aromatic carbocycles. The minimum atomic E-state index is -0.417. The van der Waals surface area contributed by atoms with Gasteiger partial charge in [-0.2, -0.15) is 0 Å². The number of unbranched alkanes of at least 4 members (excludes halogenated alkanes) is 2. The summed E-state index contributed by atoms with van der Waals surface area (Å²) in [5.74, 6) is -0.561. The highest BCUT2D eigenvalue weighted by Gasteiger charge is 2.17. The highest BCUT2D eigenvalue weighted by atomic mass is 16.5. The van der Waals surface area contributed by atoms with Crippen LogP contribution in [0.5, 0.6) is 0 Å². The molecule has 2 amide bonds. The molecular formula is C30H62N6O8. The van der Waals surface area contributed by atoms with E-state index >= 15 is 0 Å². The largest absolute Gasteiger partial charge is 0.378 e. The van der Waals surface area contributed by atoms with E-state index in [1.165, 1.54) is 13.8 Å². The lowest BCUT2D eigenvalue weighted by molar-refractivity contribution is -0.130. The van der Waals surface area contributed by atoms with Crippen molar-refractivity contribution in [3.05, 3.63) is 0 Å². The van der Waals surface area contributed by atoms with Crippen LogP contribution >= 0.6 is 0 Å². The van der Waals surface area contributed by atoms with Crippen molar-refractivity contribution >= 4 is 23.4 Å². The number of ether oxygens (including phenoxy) is 4. The maximum atomic E-state index is 11.7. The summed E-state index contributed by atoms with van der Waals surface area (Å²) in [6.45, 7) is 9.17. The summed E-state index contributed by atoms with van der Waals surface area (Å²) in [6, 6.07) is -0.834. The maximum Gasteiger partial charge on any atom is 0.246 e. The van der Waals surface area contributed by atoms with Gasteiger partial charge in [-0.3, -0.25) is 19.2 Å². The van der Waals surface area contributed by atoms with Gasteiger partial charge in [0.2, 0.25) is 11.8 Å². The minimum Gasteiger partial charge on any atom is -0.378 e. The van der Waals surface area contributed by atoms with E-state index in [4.69, 9.17) is 18.9 Å². The molecule has 0 aliphatic carbocycles. The van der Waals surface area contributed by atoms with E-state index in [0.29, 0.717) is 52.5 Å². The summed E-state index contributed by atoms with van der Waals surface area (Å²) < 4.78 is 21.0. The van der Waals surface area contributed by atoms with Gasteiger partial charge in [-0.1, -0.05) is 0 Å². The first-order chi connectivity index (χ1) is 21.2. The molecule has 0 bridgehead atoms. The van der Waals surface area contributed by atoms with Gasteiger partial charge < -0.3 is 50.8 Å². The number of carbonyl (C=O) groups is 4. The highest BCUT2D eigenvalue weighted by Crippen LogP contribution is 2.03. The quantitative estimate of drug-likeness (QED) is 0.0555. The van der Waals surface area contributed by atoms with Gasteiger partial charge >= 0.3 is 0 Å². The molecule has 0 aromatic heterocycles. The Morgan fingerprint density at radius 2 is 0.818 bits per heavy atom. The van der Waals surface area contributed by atoms with Crippen molar-refractivity contribution in [2.75, 3.05) is 107 Å². The molecule has 260 valence electrons. The first-order valence-corrected chi connectivity index (χ1v) is 15.7.